The molecule has 0 saturated carbocycles. The lowest BCUT2D eigenvalue weighted by Gasteiger charge is -2.05. The number of nitrogens with one attached hydrogen (secondary N) is 1. The molecular weight excluding hydrogens is 292 g/mol. The molecule has 0 unspecified atom stereocenters. The van der Waals surface area contributed by atoms with Crippen LogP contribution < -0.4 is 4.74 Å². The van der Waals surface area contributed by atoms with E-state index in [-0.39, 0.29) is 0 Å². The van der Waals surface area contributed by atoms with Gasteiger partial charge in [-0.1, -0.05) is 0 Å². The van der Waals surface area contributed by atoms with Crippen LogP contribution in [-0.2, 0) is 0 Å². The summed E-state index contributed by atoms with van der Waals surface area (Å²) >= 11 is 0. The number of aromatic nitrogens is 4. The molecule has 0 aliphatic carbocycles. The Morgan fingerprint density at radius 1 is 1.22 bits per heavy atom. The maximum absolute atomic E-state index is 5.12. The number of aryl methyl sites for hydroxylation is 1. The van der Waals surface area contributed by atoms with E-state index in [0.717, 1.165) is 27.9 Å². The van der Waals surface area contributed by atoms with Gasteiger partial charge in [0.2, 0.25) is 5.88 Å². The van der Waals surface area contributed by atoms with Crippen LogP contribution in [0, 0.1) is 6.92 Å². The number of nitrogens with zero attached hydrogens (tertiary/aromatic N) is 5. The first-order valence-corrected chi connectivity index (χ1v) is 7.14. The fourth-order valence-electron chi connectivity index (χ4n) is 2.41. The molecule has 7 heteroatoms. The molecule has 3 heterocycles. The number of hydrogen-bond donors (Lipinski definition) is 1. The summed E-state index contributed by atoms with van der Waals surface area (Å²) in [5, 5.41) is 0.884. The van der Waals surface area contributed by atoms with E-state index in [1.165, 1.54) is 6.33 Å². The van der Waals surface area contributed by atoms with Crippen LogP contribution in [0.5, 0.6) is 5.88 Å². The molecule has 3 aromatic heterocycles. The number of methoxy groups -OCH3 is 1. The third-order valence-electron chi connectivity index (χ3n) is 3.40. The molecule has 0 aromatic carbocycles. The average molecular weight is 310 g/mol. The topological polar surface area (TPSA) is 79.3 Å². The molecule has 0 radical (unpaired) electrons. The zero-order valence-corrected chi connectivity index (χ0v) is 13.5. The van der Waals surface area contributed by atoms with Crippen LogP contribution in [0.3, 0.4) is 0 Å². The van der Waals surface area contributed by atoms with Gasteiger partial charge >= 0.3 is 0 Å². The molecule has 118 valence electrons. The molecule has 0 bridgehead atoms. The van der Waals surface area contributed by atoms with Crippen LogP contribution in [0.1, 0.15) is 5.69 Å². The first-order valence-electron chi connectivity index (χ1n) is 7.14. The van der Waals surface area contributed by atoms with Gasteiger partial charge in [0.15, 0.2) is 5.82 Å². The third-order valence-corrected chi connectivity index (χ3v) is 3.40. The average Bonchev–Trinajstić information content (AvgIpc) is 2.89. The molecule has 0 atom stereocenters. The number of rotatable bonds is 4. The number of pyridine rings is 1. The molecule has 1 N–H and O–H groups in total. The first kappa shape index (κ1) is 15.0. The Hall–Kier alpha value is -2.96. The monoisotopic (exact) mass is 310 g/mol. The standard InChI is InChI=1S/C16H18N6O/c1-10-13(11-5-6-12(23-4)17-7-11)14-15(20-9-22(2)3)18-8-19-16(14)21-10/h5-9H,1-4H3,(H,18,19,21)/b20-9-. The van der Waals surface area contributed by atoms with Gasteiger partial charge in [-0.15, -0.1) is 0 Å². The predicted molar refractivity (Wildman–Crippen MR) is 90.2 cm³/mol. The summed E-state index contributed by atoms with van der Waals surface area (Å²) in [5.74, 6) is 1.20. The van der Waals surface area contributed by atoms with Crippen LogP contribution in [0.2, 0.25) is 0 Å². The van der Waals surface area contributed by atoms with Crippen molar-refractivity contribution in [2.24, 2.45) is 4.99 Å². The minimum atomic E-state index is 0.577. The fraction of sp³-hybridized carbons (Fsp3) is 0.250. The zero-order chi connectivity index (χ0) is 16.4. The molecule has 0 amide bonds. The van der Waals surface area contributed by atoms with E-state index in [1.807, 2.05) is 38.1 Å². The van der Waals surface area contributed by atoms with Crippen molar-refractivity contribution in [3.63, 3.8) is 0 Å². The summed E-state index contributed by atoms with van der Waals surface area (Å²) in [6.07, 6.45) is 5.01. The Kier molecular flexibility index (Phi) is 3.92. The summed E-state index contributed by atoms with van der Waals surface area (Å²) in [6.45, 7) is 2.00. The predicted octanol–water partition coefficient (Wildman–Crippen LogP) is 2.56. The SMILES string of the molecule is COc1ccc(-c2c(C)[nH]c3ncnc(/N=C\N(C)C)c23)cn1. The third kappa shape index (κ3) is 2.85. The second-order valence-corrected chi connectivity index (χ2v) is 5.34. The fourth-order valence-corrected chi connectivity index (χ4v) is 2.41. The Balaban J connectivity index is 2.20. The lowest BCUT2D eigenvalue weighted by molar-refractivity contribution is 0.398. The lowest BCUT2D eigenvalue weighted by Crippen LogP contribution is -2.07. The van der Waals surface area contributed by atoms with Gasteiger partial charge in [-0.05, 0) is 13.0 Å². The van der Waals surface area contributed by atoms with Crippen LogP contribution in [0.25, 0.3) is 22.2 Å². The van der Waals surface area contributed by atoms with E-state index in [2.05, 4.69) is 24.9 Å². The maximum atomic E-state index is 5.12. The number of aromatic amines is 1. The largest absolute Gasteiger partial charge is 0.481 e. The van der Waals surface area contributed by atoms with E-state index < -0.39 is 0 Å². The van der Waals surface area contributed by atoms with Crippen LogP contribution in [0.15, 0.2) is 29.6 Å². The van der Waals surface area contributed by atoms with Gasteiger partial charge in [-0.3, -0.25) is 0 Å². The second-order valence-electron chi connectivity index (χ2n) is 5.34. The highest BCUT2D eigenvalue weighted by molar-refractivity contribution is 6.02. The van der Waals surface area contributed by atoms with E-state index in [0.29, 0.717) is 11.7 Å². The Morgan fingerprint density at radius 2 is 2.04 bits per heavy atom. The van der Waals surface area contributed by atoms with Crippen molar-refractivity contribution in [3.8, 4) is 17.0 Å². The minimum absolute atomic E-state index is 0.577. The summed E-state index contributed by atoms with van der Waals surface area (Å²) in [5.41, 5.74) is 3.72. The highest BCUT2D eigenvalue weighted by Gasteiger charge is 2.16. The van der Waals surface area contributed by atoms with Gasteiger partial charge in [0, 0.05) is 43.2 Å². The zero-order valence-electron chi connectivity index (χ0n) is 13.5. The number of aliphatic imine (C=N–C) groups is 1. The van der Waals surface area contributed by atoms with Crippen molar-refractivity contribution in [2.75, 3.05) is 21.2 Å². The van der Waals surface area contributed by atoms with Gasteiger partial charge in [0.05, 0.1) is 18.8 Å². The number of fused-ring (bicyclic) bond motifs is 1. The Morgan fingerprint density at radius 3 is 2.70 bits per heavy atom. The van der Waals surface area contributed by atoms with Crippen molar-refractivity contribution < 1.29 is 4.74 Å². The van der Waals surface area contributed by atoms with Crippen molar-refractivity contribution in [1.82, 2.24) is 24.8 Å². The highest BCUT2D eigenvalue weighted by atomic mass is 16.5. The van der Waals surface area contributed by atoms with Gasteiger partial charge < -0.3 is 14.6 Å². The van der Waals surface area contributed by atoms with Crippen molar-refractivity contribution >= 4 is 23.2 Å². The van der Waals surface area contributed by atoms with E-state index in [4.69, 9.17) is 4.74 Å². The molecule has 0 aliphatic heterocycles. The van der Waals surface area contributed by atoms with Gasteiger partial charge in [0.25, 0.3) is 0 Å². The quantitative estimate of drug-likeness (QED) is 0.592. The Bertz CT molecular complexity index is 851. The van der Waals surface area contributed by atoms with Crippen LogP contribution in [0.4, 0.5) is 5.82 Å². The molecule has 0 fully saturated rings. The summed E-state index contributed by atoms with van der Waals surface area (Å²) in [6, 6.07) is 3.80. The number of ether oxygens (including phenoxy) is 1. The summed E-state index contributed by atoms with van der Waals surface area (Å²) < 4.78 is 5.12. The van der Waals surface area contributed by atoms with Crippen LogP contribution >= 0.6 is 0 Å². The Labute approximate surface area is 134 Å². The van der Waals surface area contributed by atoms with Gasteiger partial charge in [0.1, 0.15) is 12.0 Å². The van der Waals surface area contributed by atoms with E-state index >= 15 is 0 Å². The normalized spacial score (nSPS) is 11.3. The van der Waals surface area contributed by atoms with E-state index in [9.17, 15) is 0 Å². The van der Waals surface area contributed by atoms with Crippen molar-refractivity contribution in [1.29, 1.82) is 0 Å². The number of H-pyrrole nitrogens is 1. The van der Waals surface area contributed by atoms with Gasteiger partial charge in [-0.25, -0.2) is 19.9 Å². The van der Waals surface area contributed by atoms with Crippen molar-refractivity contribution in [3.05, 3.63) is 30.4 Å². The summed E-state index contributed by atoms with van der Waals surface area (Å²) in [7, 11) is 5.43. The molecule has 7 nitrogen and oxygen atoms in total. The second kappa shape index (κ2) is 6.04. The molecule has 3 rings (SSSR count). The lowest BCUT2D eigenvalue weighted by atomic mass is 10.1. The molecule has 0 spiro atoms. The first-order chi connectivity index (χ1) is 11.1. The number of hydrogen-bond acceptors (Lipinski definition) is 5. The molecule has 23 heavy (non-hydrogen) atoms. The minimum Gasteiger partial charge on any atom is -0.481 e. The summed E-state index contributed by atoms with van der Waals surface area (Å²) in [4.78, 5) is 22.5. The molecule has 0 aliphatic rings. The highest BCUT2D eigenvalue weighted by Crippen LogP contribution is 2.35. The molecule has 3 aromatic rings. The molecular formula is C16H18N6O. The van der Waals surface area contributed by atoms with Crippen molar-refractivity contribution in [2.45, 2.75) is 6.92 Å². The van der Waals surface area contributed by atoms with Crippen LogP contribution in [-0.4, -0.2) is 52.4 Å². The molecule has 0 saturated heterocycles. The maximum Gasteiger partial charge on any atom is 0.212 e. The van der Waals surface area contributed by atoms with E-state index in [1.54, 1.807) is 19.6 Å². The smallest absolute Gasteiger partial charge is 0.212 e. The van der Waals surface area contributed by atoms with Gasteiger partial charge in [-0.2, -0.15) is 0 Å².